The van der Waals surface area contributed by atoms with E-state index in [9.17, 15) is 13.6 Å². The van der Waals surface area contributed by atoms with Crippen molar-refractivity contribution in [1.82, 2.24) is 4.90 Å². The number of benzene rings is 1. The minimum atomic E-state index is -2.89. The molecule has 21 heavy (non-hydrogen) atoms. The molecule has 0 aliphatic heterocycles. The highest BCUT2D eigenvalue weighted by Gasteiger charge is 2.23. The van der Waals surface area contributed by atoms with Gasteiger partial charge < -0.3 is 15.4 Å². The number of carbonyl (C=O) groups is 1. The molecular weight excluding hydrogens is 278 g/mol. The van der Waals surface area contributed by atoms with Crippen LogP contribution in [0, 0.1) is 5.92 Å². The van der Waals surface area contributed by atoms with Crippen LogP contribution in [0.3, 0.4) is 0 Å². The average molecular weight is 300 g/mol. The van der Waals surface area contributed by atoms with Crippen molar-refractivity contribution in [2.24, 2.45) is 11.7 Å². The first-order chi connectivity index (χ1) is 10.0. The van der Waals surface area contributed by atoms with Crippen LogP contribution in [0.15, 0.2) is 24.3 Å². The van der Waals surface area contributed by atoms with E-state index in [2.05, 4.69) is 4.74 Å². The fourth-order valence-electron chi connectivity index (χ4n) is 2.21. The fourth-order valence-corrected chi connectivity index (χ4v) is 2.21. The van der Waals surface area contributed by atoms with E-state index >= 15 is 0 Å². The quantitative estimate of drug-likeness (QED) is 0.801. The Bertz CT molecular complexity index is 451. The summed E-state index contributed by atoms with van der Waals surface area (Å²) < 4.78 is 29.3. The molecule has 0 heterocycles. The highest BCUT2D eigenvalue weighted by Crippen LogP contribution is 2.23. The third-order valence-electron chi connectivity index (χ3n) is 3.36. The summed E-state index contributed by atoms with van der Waals surface area (Å²) >= 11 is 0. The van der Waals surface area contributed by atoms with Gasteiger partial charge in [-0.1, -0.05) is 18.2 Å². The second kappa shape index (κ2) is 8.56. The van der Waals surface area contributed by atoms with Crippen LogP contribution in [0.25, 0.3) is 0 Å². The number of hydrogen-bond acceptors (Lipinski definition) is 3. The number of hydrogen-bond donors (Lipinski definition) is 1. The molecule has 1 amide bonds. The first-order valence-corrected chi connectivity index (χ1v) is 7.04. The van der Waals surface area contributed by atoms with Gasteiger partial charge in [0.2, 0.25) is 5.91 Å². The molecule has 1 unspecified atom stereocenters. The SMILES string of the molecule is CCN(CC)C(=O)C(CN)Cc1ccccc1OC(F)F. The number of rotatable bonds is 8. The van der Waals surface area contributed by atoms with Gasteiger partial charge in [-0.2, -0.15) is 8.78 Å². The van der Waals surface area contributed by atoms with Gasteiger partial charge >= 0.3 is 6.61 Å². The molecule has 0 aliphatic rings. The van der Waals surface area contributed by atoms with Gasteiger partial charge in [0.05, 0.1) is 5.92 Å². The van der Waals surface area contributed by atoms with Gasteiger partial charge in [-0.15, -0.1) is 0 Å². The van der Waals surface area contributed by atoms with Crippen LogP contribution in [0.2, 0.25) is 0 Å². The zero-order valence-corrected chi connectivity index (χ0v) is 12.4. The standard InChI is InChI=1S/C15H22F2N2O2/c1-3-19(4-2)14(20)12(10-18)9-11-7-5-6-8-13(11)21-15(16)17/h5-8,12,15H,3-4,9-10,18H2,1-2H3. The van der Waals surface area contributed by atoms with Gasteiger partial charge in [-0.25, -0.2) is 0 Å². The molecular formula is C15H22F2N2O2. The number of nitrogens with two attached hydrogens (primary N) is 1. The maximum absolute atomic E-state index is 12.4. The van der Waals surface area contributed by atoms with Crippen LogP contribution < -0.4 is 10.5 Å². The lowest BCUT2D eigenvalue weighted by molar-refractivity contribution is -0.134. The molecule has 1 atom stereocenters. The molecule has 1 aromatic rings. The Morgan fingerprint density at radius 3 is 2.43 bits per heavy atom. The van der Waals surface area contributed by atoms with Crippen LogP contribution in [-0.2, 0) is 11.2 Å². The summed E-state index contributed by atoms with van der Waals surface area (Å²) in [6.45, 7) is 2.26. The number of nitrogens with zero attached hydrogens (tertiary/aromatic N) is 1. The van der Waals surface area contributed by atoms with E-state index in [1.54, 1.807) is 23.1 Å². The molecule has 0 spiro atoms. The Labute approximate surface area is 123 Å². The van der Waals surface area contributed by atoms with Crippen molar-refractivity contribution in [3.63, 3.8) is 0 Å². The number of para-hydroxylation sites is 1. The molecule has 0 saturated heterocycles. The van der Waals surface area contributed by atoms with Gasteiger partial charge in [-0.3, -0.25) is 4.79 Å². The van der Waals surface area contributed by atoms with Crippen molar-refractivity contribution in [3.05, 3.63) is 29.8 Å². The summed E-state index contributed by atoms with van der Waals surface area (Å²) in [5.41, 5.74) is 6.25. The topological polar surface area (TPSA) is 55.6 Å². The fraction of sp³-hybridized carbons (Fsp3) is 0.533. The van der Waals surface area contributed by atoms with Gasteiger partial charge in [-0.05, 0) is 31.9 Å². The molecule has 6 heteroatoms. The lowest BCUT2D eigenvalue weighted by Gasteiger charge is -2.25. The van der Waals surface area contributed by atoms with Gasteiger partial charge in [0.1, 0.15) is 5.75 Å². The third kappa shape index (κ3) is 4.97. The summed E-state index contributed by atoms with van der Waals surface area (Å²) in [6.07, 6.45) is 0.286. The van der Waals surface area contributed by atoms with Crippen molar-refractivity contribution in [2.75, 3.05) is 19.6 Å². The second-order valence-corrected chi connectivity index (χ2v) is 4.63. The second-order valence-electron chi connectivity index (χ2n) is 4.63. The average Bonchev–Trinajstić information content (AvgIpc) is 2.46. The molecule has 0 aromatic heterocycles. The number of halogens is 2. The van der Waals surface area contributed by atoms with Crippen LogP contribution in [-0.4, -0.2) is 37.1 Å². The molecule has 0 saturated carbocycles. The molecule has 1 rings (SSSR count). The van der Waals surface area contributed by atoms with Crippen molar-refractivity contribution in [1.29, 1.82) is 0 Å². The van der Waals surface area contributed by atoms with Crippen LogP contribution >= 0.6 is 0 Å². The first-order valence-electron chi connectivity index (χ1n) is 7.04. The third-order valence-corrected chi connectivity index (χ3v) is 3.36. The van der Waals surface area contributed by atoms with Crippen LogP contribution in [0.5, 0.6) is 5.75 Å². The van der Waals surface area contributed by atoms with Gasteiger partial charge in [0.15, 0.2) is 0 Å². The zero-order valence-electron chi connectivity index (χ0n) is 12.4. The smallest absolute Gasteiger partial charge is 0.387 e. The maximum atomic E-state index is 12.4. The Hall–Kier alpha value is -1.69. The van der Waals surface area contributed by atoms with E-state index in [0.29, 0.717) is 18.7 Å². The van der Waals surface area contributed by atoms with E-state index in [1.807, 2.05) is 13.8 Å². The predicted octanol–water partition coefficient (Wildman–Crippen LogP) is 2.27. The largest absolute Gasteiger partial charge is 0.435 e. The van der Waals surface area contributed by atoms with Crippen molar-refractivity contribution < 1.29 is 18.3 Å². The molecule has 4 nitrogen and oxygen atoms in total. The molecule has 1 aromatic carbocycles. The highest BCUT2D eigenvalue weighted by molar-refractivity contribution is 5.79. The van der Waals surface area contributed by atoms with Crippen LogP contribution in [0.4, 0.5) is 8.78 Å². The highest BCUT2D eigenvalue weighted by atomic mass is 19.3. The normalized spacial score (nSPS) is 12.3. The van der Waals surface area contributed by atoms with Crippen molar-refractivity contribution in [2.45, 2.75) is 26.9 Å². The van der Waals surface area contributed by atoms with Crippen molar-refractivity contribution in [3.8, 4) is 5.75 Å². The molecule has 0 fully saturated rings. The van der Waals surface area contributed by atoms with Crippen molar-refractivity contribution >= 4 is 5.91 Å². The number of amides is 1. The maximum Gasteiger partial charge on any atom is 0.387 e. The molecule has 0 radical (unpaired) electrons. The van der Waals surface area contributed by atoms with E-state index in [4.69, 9.17) is 5.73 Å². The molecule has 2 N–H and O–H groups in total. The Morgan fingerprint density at radius 2 is 1.90 bits per heavy atom. The first kappa shape index (κ1) is 17.4. The number of ether oxygens (including phenoxy) is 1. The minimum Gasteiger partial charge on any atom is -0.435 e. The van der Waals surface area contributed by atoms with E-state index < -0.39 is 12.5 Å². The van der Waals surface area contributed by atoms with Crippen LogP contribution in [0.1, 0.15) is 19.4 Å². The lowest BCUT2D eigenvalue weighted by Crippen LogP contribution is -2.40. The summed E-state index contributed by atoms with van der Waals surface area (Å²) in [7, 11) is 0. The molecule has 0 bridgehead atoms. The predicted molar refractivity (Wildman–Crippen MR) is 77.3 cm³/mol. The molecule has 118 valence electrons. The minimum absolute atomic E-state index is 0.0608. The zero-order chi connectivity index (χ0) is 15.8. The number of alkyl halides is 2. The van der Waals surface area contributed by atoms with Gasteiger partial charge in [0, 0.05) is 19.6 Å². The monoisotopic (exact) mass is 300 g/mol. The van der Waals surface area contributed by atoms with E-state index in [1.165, 1.54) is 6.07 Å². The number of carbonyl (C=O) groups excluding carboxylic acids is 1. The summed E-state index contributed by atoms with van der Waals surface area (Å²) in [5.74, 6) is -0.403. The Morgan fingerprint density at radius 1 is 1.29 bits per heavy atom. The summed E-state index contributed by atoms with van der Waals surface area (Å²) in [6, 6.07) is 6.49. The van der Waals surface area contributed by atoms with E-state index in [0.717, 1.165) is 0 Å². The van der Waals surface area contributed by atoms with Gasteiger partial charge in [0.25, 0.3) is 0 Å². The molecule has 0 aliphatic carbocycles. The lowest BCUT2D eigenvalue weighted by atomic mass is 9.97. The Kier molecular flexibility index (Phi) is 7.08. The van der Waals surface area contributed by atoms with E-state index in [-0.39, 0.29) is 24.6 Å². The summed E-state index contributed by atoms with van der Waals surface area (Å²) in [4.78, 5) is 14.0. The Balaban J connectivity index is 2.89. The summed E-state index contributed by atoms with van der Waals surface area (Å²) in [5, 5.41) is 0.